The van der Waals surface area contributed by atoms with Crippen molar-refractivity contribution in [2.75, 3.05) is 56.2 Å². The zero-order valence-electron chi connectivity index (χ0n) is 22.5. The number of aromatic nitrogens is 4. The maximum atomic E-state index is 12.9. The fourth-order valence-corrected chi connectivity index (χ4v) is 6.25. The van der Waals surface area contributed by atoms with Gasteiger partial charge in [-0.25, -0.2) is 0 Å². The second kappa shape index (κ2) is 9.42. The molecule has 5 heterocycles. The summed E-state index contributed by atoms with van der Waals surface area (Å²) in [6, 6.07) is 5.73. The van der Waals surface area contributed by atoms with Crippen LogP contribution in [0.1, 0.15) is 39.5 Å². The van der Waals surface area contributed by atoms with Crippen molar-refractivity contribution in [3.8, 4) is 22.9 Å². The van der Waals surface area contributed by atoms with Crippen LogP contribution in [0.4, 0.5) is 24.7 Å². The van der Waals surface area contributed by atoms with E-state index in [1.807, 2.05) is 7.05 Å². The summed E-state index contributed by atoms with van der Waals surface area (Å²) in [7, 11) is 2.04. The van der Waals surface area contributed by atoms with Crippen LogP contribution in [0.25, 0.3) is 17.0 Å². The Morgan fingerprint density at radius 1 is 1.10 bits per heavy atom. The number of nitrogens with one attached hydrogen (secondary N) is 1. The molecule has 9 nitrogen and oxygen atoms in total. The third-order valence-corrected chi connectivity index (χ3v) is 8.13. The van der Waals surface area contributed by atoms with E-state index < -0.39 is 6.36 Å². The fourth-order valence-electron chi connectivity index (χ4n) is 6.25. The van der Waals surface area contributed by atoms with Gasteiger partial charge < -0.3 is 24.6 Å². The number of ether oxygens (including phenoxy) is 2. The summed E-state index contributed by atoms with van der Waals surface area (Å²) in [6.07, 6.45) is -0.222. The van der Waals surface area contributed by atoms with E-state index in [1.165, 1.54) is 31.0 Å². The molecule has 0 radical (unpaired) electrons. The molecule has 6 rings (SSSR count). The third-order valence-electron chi connectivity index (χ3n) is 8.13. The van der Waals surface area contributed by atoms with Crippen LogP contribution in [0.3, 0.4) is 0 Å². The van der Waals surface area contributed by atoms with Gasteiger partial charge in [0.15, 0.2) is 17.4 Å². The van der Waals surface area contributed by atoms with E-state index in [2.05, 4.69) is 43.9 Å². The van der Waals surface area contributed by atoms with Crippen molar-refractivity contribution >= 4 is 17.2 Å². The quantitative estimate of drug-likeness (QED) is 0.515. The van der Waals surface area contributed by atoms with Gasteiger partial charge in [-0.1, -0.05) is 26.0 Å². The summed E-state index contributed by atoms with van der Waals surface area (Å²) < 4.78 is 50.8. The zero-order valence-corrected chi connectivity index (χ0v) is 22.5. The van der Waals surface area contributed by atoms with Gasteiger partial charge in [0, 0.05) is 44.2 Å². The molecule has 210 valence electrons. The fraction of sp³-hybridized carbons (Fsp3) is 0.593. The number of anilines is 2. The van der Waals surface area contributed by atoms with Gasteiger partial charge in [0.2, 0.25) is 5.65 Å². The van der Waals surface area contributed by atoms with Gasteiger partial charge in [-0.3, -0.25) is 0 Å². The summed E-state index contributed by atoms with van der Waals surface area (Å²) in [5.41, 5.74) is 1.92. The number of benzene rings is 1. The Balaban J connectivity index is 1.44. The van der Waals surface area contributed by atoms with Crippen LogP contribution in [0, 0.1) is 10.8 Å². The number of alkyl halides is 3. The summed E-state index contributed by atoms with van der Waals surface area (Å²) in [5.74, 6) is 1.36. The Bertz CT molecular complexity index is 1360. The first-order valence-electron chi connectivity index (χ1n) is 13.5. The Labute approximate surface area is 225 Å². The van der Waals surface area contributed by atoms with Crippen LogP contribution in [0.15, 0.2) is 24.3 Å². The van der Waals surface area contributed by atoms with Crippen LogP contribution in [0.2, 0.25) is 0 Å². The number of piperidine rings is 2. The number of nitrogens with zero attached hydrogens (tertiary/aromatic N) is 6. The van der Waals surface area contributed by atoms with Crippen molar-refractivity contribution in [2.24, 2.45) is 10.8 Å². The Morgan fingerprint density at radius 3 is 2.62 bits per heavy atom. The highest BCUT2D eigenvalue weighted by Gasteiger charge is 2.39. The van der Waals surface area contributed by atoms with Crippen LogP contribution in [-0.2, 0) is 0 Å². The molecule has 1 spiro atoms. The van der Waals surface area contributed by atoms with Gasteiger partial charge in [0.05, 0.1) is 6.61 Å². The van der Waals surface area contributed by atoms with E-state index in [0.29, 0.717) is 34.8 Å². The Hall–Kier alpha value is -3.28. The van der Waals surface area contributed by atoms with Crippen LogP contribution in [0.5, 0.6) is 11.5 Å². The van der Waals surface area contributed by atoms with Gasteiger partial charge in [-0.15, -0.1) is 28.5 Å². The van der Waals surface area contributed by atoms with Gasteiger partial charge in [0.25, 0.3) is 0 Å². The van der Waals surface area contributed by atoms with Crippen molar-refractivity contribution in [2.45, 2.75) is 45.9 Å². The van der Waals surface area contributed by atoms with Gasteiger partial charge in [0.1, 0.15) is 11.4 Å². The first kappa shape index (κ1) is 26.0. The van der Waals surface area contributed by atoms with E-state index in [0.717, 1.165) is 57.1 Å². The maximum absolute atomic E-state index is 12.9. The molecular formula is C27H34F3N7O2. The molecule has 2 fully saturated rings. The topological polar surface area (TPSA) is 80.1 Å². The molecule has 1 aromatic carbocycles. The molecule has 2 aromatic heterocycles. The molecule has 3 aliphatic heterocycles. The third kappa shape index (κ3) is 5.06. The normalized spacial score (nSPS) is 21.0. The molecule has 0 aliphatic carbocycles. The number of fused-ring (bicyclic) bond motifs is 3. The first-order chi connectivity index (χ1) is 18.5. The molecule has 39 heavy (non-hydrogen) atoms. The molecule has 0 amide bonds. The molecule has 0 unspecified atom stereocenters. The van der Waals surface area contributed by atoms with Gasteiger partial charge in [-0.05, 0) is 49.8 Å². The lowest BCUT2D eigenvalue weighted by atomic mass is 9.73. The largest absolute Gasteiger partial charge is 0.573 e. The summed E-state index contributed by atoms with van der Waals surface area (Å²) in [5, 5.41) is 17.4. The highest BCUT2D eigenvalue weighted by Crippen LogP contribution is 2.46. The Kier molecular flexibility index (Phi) is 6.28. The molecule has 0 atom stereocenters. The zero-order chi connectivity index (χ0) is 27.4. The molecule has 3 aliphatic rings. The smallest absolute Gasteiger partial charge is 0.487 e. The second-order valence-corrected chi connectivity index (χ2v) is 11.9. The van der Waals surface area contributed by atoms with E-state index in [4.69, 9.17) is 9.84 Å². The van der Waals surface area contributed by atoms with Crippen LogP contribution >= 0.6 is 0 Å². The average molecular weight is 546 g/mol. The number of halogens is 3. The molecule has 2 saturated heterocycles. The number of hydrogen-bond acceptors (Lipinski definition) is 8. The maximum Gasteiger partial charge on any atom is 0.573 e. The van der Waals surface area contributed by atoms with E-state index in [1.54, 1.807) is 10.6 Å². The lowest BCUT2D eigenvalue weighted by molar-refractivity contribution is -0.274. The monoisotopic (exact) mass is 545 g/mol. The molecule has 1 N–H and O–H groups in total. The average Bonchev–Trinajstić information content (AvgIpc) is 3.25. The molecule has 3 aromatic rings. The summed E-state index contributed by atoms with van der Waals surface area (Å²) in [4.78, 5) is 4.49. The summed E-state index contributed by atoms with van der Waals surface area (Å²) in [6.45, 7) is 9.41. The standard InChI is InChI=1S/C27H34F3N7O2/c1-25(2)16-35(3)20-21(38-17-25)24-33-32-22(18-6-4-7-19(14-18)39-27(28,29)30)37(24)34-23(20)36-12-9-26(10-13-36)8-5-11-31-15-26/h4,6-7,14,31H,5,8-13,15-17H2,1-3H3. The minimum Gasteiger partial charge on any atom is -0.487 e. The SMILES string of the molecule is CN1CC(C)(C)COc2c1c(N1CCC3(CCCNC3)CC1)nn1c(-c3cccc(OC(F)(F)F)c3)nnc21. The predicted molar refractivity (Wildman–Crippen MR) is 141 cm³/mol. The molecule has 0 saturated carbocycles. The van der Waals surface area contributed by atoms with E-state index in [9.17, 15) is 13.2 Å². The van der Waals surface area contributed by atoms with Crippen molar-refractivity contribution in [3.05, 3.63) is 24.3 Å². The minimum atomic E-state index is -4.79. The second-order valence-electron chi connectivity index (χ2n) is 11.9. The van der Waals surface area contributed by atoms with E-state index >= 15 is 0 Å². The molecule has 0 bridgehead atoms. The first-order valence-corrected chi connectivity index (χ1v) is 13.5. The lowest BCUT2D eigenvalue weighted by Gasteiger charge is -2.45. The predicted octanol–water partition coefficient (Wildman–Crippen LogP) is 4.51. The molecular weight excluding hydrogens is 511 g/mol. The van der Waals surface area contributed by atoms with Gasteiger partial charge >= 0.3 is 6.36 Å². The van der Waals surface area contributed by atoms with Gasteiger partial charge in [-0.2, -0.15) is 4.52 Å². The number of rotatable bonds is 3. The number of hydrogen-bond donors (Lipinski definition) is 1. The van der Waals surface area contributed by atoms with E-state index in [-0.39, 0.29) is 11.2 Å². The van der Waals surface area contributed by atoms with Crippen molar-refractivity contribution in [1.29, 1.82) is 0 Å². The molecule has 12 heteroatoms. The van der Waals surface area contributed by atoms with Crippen LogP contribution < -0.4 is 24.6 Å². The Morgan fingerprint density at radius 2 is 1.90 bits per heavy atom. The summed E-state index contributed by atoms with van der Waals surface area (Å²) >= 11 is 0. The lowest BCUT2D eigenvalue weighted by Crippen LogP contribution is -2.48. The minimum absolute atomic E-state index is 0.117. The van der Waals surface area contributed by atoms with Crippen molar-refractivity contribution in [1.82, 2.24) is 25.1 Å². The van der Waals surface area contributed by atoms with Crippen LogP contribution in [-0.4, -0.2) is 72.6 Å². The highest BCUT2D eigenvalue weighted by atomic mass is 19.4. The van der Waals surface area contributed by atoms with Crippen molar-refractivity contribution in [3.63, 3.8) is 0 Å². The highest BCUT2D eigenvalue weighted by molar-refractivity contribution is 5.82. The van der Waals surface area contributed by atoms with Crippen molar-refractivity contribution < 1.29 is 22.6 Å².